The molecule has 25 heavy (non-hydrogen) atoms. The number of nitrogens with zero attached hydrogens (tertiary/aromatic N) is 1. The van der Waals surface area contributed by atoms with Crippen LogP contribution in [-0.4, -0.2) is 31.6 Å². The lowest BCUT2D eigenvalue weighted by Crippen LogP contribution is -2.27. The molecule has 1 aromatic rings. The number of allylic oxidation sites excluding steroid dienone is 3. The smallest absolute Gasteiger partial charge is 0.321 e. The summed E-state index contributed by atoms with van der Waals surface area (Å²) in [4.78, 5) is 13.1. The monoisotopic (exact) mass is 340 g/mol. The van der Waals surface area contributed by atoms with Crippen molar-refractivity contribution in [2.24, 2.45) is 5.41 Å². The van der Waals surface area contributed by atoms with Crippen molar-refractivity contribution in [1.82, 2.24) is 4.90 Å². The predicted octanol–water partition coefficient (Wildman–Crippen LogP) is 4.31. The number of ether oxygens (including phenoxy) is 2. The Morgan fingerprint density at radius 1 is 1.28 bits per heavy atom. The first-order chi connectivity index (χ1) is 11.9. The summed E-state index contributed by atoms with van der Waals surface area (Å²) in [5, 5.41) is 2.80. The zero-order valence-corrected chi connectivity index (χ0v) is 15.1. The molecule has 5 heteroatoms. The number of urea groups is 1. The number of anilines is 1. The topological polar surface area (TPSA) is 50.8 Å². The molecule has 1 aromatic carbocycles. The summed E-state index contributed by atoms with van der Waals surface area (Å²) in [6, 6.07) is 7.22. The molecule has 0 saturated heterocycles. The minimum atomic E-state index is -0.157. The Bertz CT molecular complexity index is 756. The zero-order chi connectivity index (χ0) is 18.0. The van der Waals surface area contributed by atoms with Gasteiger partial charge in [0, 0.05) is 25.4 Å². The summed E-state index contributed by atoms with van der Waals surface area (Å²) in [6.45, 7) is 4.90. The molecule has 0 aromatic heterocycles. The van der Waals surface area contributed by atoms with Crippen LogP contribution in [0, 0.1) is 5.41 Å². The molecule has 2 aliphatic rings. The Balaban J connectivity index is 1.66. The molecule has 0 radical (unpaired) electrons. The average Bonchev–Trinajstić information content (AvgIpc) is 2.83. The maximum absolute atomic E-state index is 11.7. The SMILES string of the molecule is CN(C)C(=O)Nc1ccc(OCC2=C3OC=CC=C3CC2(C)C)cc1. The van der Waals surface area contributed by atoms with E-state index in [-0.39, 0.29) is 11.4 Å². The average molecular weight is 340 g/mol. The summed E-state index contributed by atoms with van der Waals surface area (Å²) < 4.78 is 11.7. The summed E-state index contributed by atoms with van der Waals surface area (Å²) in [6.07, 6.45) is 6.71. The second-order valence-corrected chi connectivity index (χ2v) is 7.14. The number of rotatable bonds is 4. The van der Waals surface area contributed by atoms with Gasteiger partial charge in [-0.3, -0.25) is 0 Å². The number of benzene rings is 1. The number of carbonyl (C=O) groups is 1. The highest BCUT2D eigenvalue weighted by Crippen LogP contribution is 2.47. The molecular formula is C20H24N2O3. The van der Waals surface area contributed by atoms with Crippen molar-refractivity contribution >= 4 is 11.7 Å². The van der Waals surface area contributed by atoms with Gasteiger partial charge in [-0.15, -0.1) is 0 Å². The van der Waals surface area contributed by atoms with Crippen LogP contribution in [0.25, 0.3) is 0 Å². The molecule has 3 rings (SSSR count). The van der Waals surface area contributed by atoms with Gasteiger partial charge in [0.05, 0.1) is 6.26 Å². The Kier molecular flexibility index (Phi) is 4.57. The highest BCUT2D eigenvalue weighted by Gasteiger charge is 2.37. The highest BCUT2D eigenvalue weighted by molar-refractivity contribution is 5.88. The van der Waals surface area contributed by atoms with E-state index in [0.29, 0.717) is 6.61 Å². The second kappa shape index (κ2) is 6.67. The third kappa shape index (κ3) is 3.71. The third-order valence-corrected chi connectivity index (χ3v) is 4.47. The third-order valence-electron chi connectivity index (χ3n) is 4.47. The molecule has 0 atom stereocenters. The molecule has 0 unspecified atom stereocenters. The number of fused-ring (bicyclic) bond motifs is 1. The first-order valence-corrected chi connectivity index (χ1v) is 8.34. The van der Waals surface area contributed by atoms with Gasteiger partial charge >= 0.3 is 6.03 Å². The van der Waals surface area contributed by atoms with Gasteiger partial charge in [0.2, 0.25) is 0 Å². The Labute approximate surface area is 148 Å². The van der Waals surface area contributed by atoms with Crippen molar-refractivity contribution in [3.63, 3.8) is 0 Å². The van der Waals surface area contributed by atoms with Gasteiger partial charge in [0.15, 0.2) is 0 Å². The molecule has 0 spiro atoms. The van der Waals surface area contributed by atoms with E-state index in [1.54, 1.807) is 20.4 Å². The molecule has 1 aliphatic carbocycles. The molecule has 1 N–H and O–H groups in total. The molecule has 1 heterocycles. The first-order valence-electron chi connectivity index (χ1n) is 8.34. The van der Waals surface area contributed by atoms with Crippen molar-refractivity contribution in [2.45, 2.75) is 20.3 Å². The van der Waals surface area contributed by atoms with Crippen molar-refractivity contribution in [1.29, 1.82) is 0 Å². The minimum absolute atomic E-state index is 0.0206. The lowest BCUT2D eigenvalue weighted by atomic mass is 9.85. The largest absolute Gasteiger partial charge is 0.489 e. The molecule has 1 aliphatic heterocycles. The van der Waals surface area contributed by atoms with Crippen molar-refractivity contribution in [3.05, 3.63) is 59.6 Å². The highest BCUT2D eigenvalue weighted by atomic mass is 16.5. The zero-order valence-electron chi connectivity index (χ0n) is 15.1. The fourth-order valence-electron chi connectivity index (χ4n) is 2.99. The first kappa shape index (κ1) is 17.1. The molecule has 0 fully saturated rings. The van der Waals surface area contributed by atoms with Gasteiger partial charge in [-0.1, -0.05) is 19.9 Å². The molecule has 0 bridgehead atoms. The van der Waals surface area contributed by atoms with Crippen molar-refractivity contribution in [2.75, 3.05) is 26.0 Å². The Morgan fingerprint density at radius 3 is 2.68 bits per heavy atom. The van der Waals surface area contributed by atoms with Crippen LogP contribution in [-0.2, 0) is 4.74 Å². The van der Waals surface area contributed by atoms with Crippen molar-refractivity contribution < 1.29 is 14.3 Å². The maximum Gasteiger partial charge on any atom is 0.321 e. The quantitative estimate of drug-likeness (QED) is 0.888. The Hall–Kier alpha value is -2.69. The Morgan fingerprint density at radius 2 is 2.00 bits per heavy atom. The van der Waals surface area contributed by atoms with Crippen LogP contribution in [0.5, 0.6) is 5.75 Å². The van der Waals surface area contributed by atoms with Gasteiger partial charge in [0.1, 0.15) is 18.1 Å². The normalized spacial score (nSPS) is 17.5. The number of amides is 2. The molecule has 5 nitrogen and oxygen atoms in total. The van der Waals surface area contributed by atoms with E-state index < -0.39 is 0 Å². The summed E-state index contributed by atoms with van der Waals surface area (Å²) in [5.74, 6) is 1.71. The number of hydrogen-bond acceptors (Lipinski definition) is 3. The molecule has 0 saturated carbocycles. The fourth-order valence-corrected chi connectivity index (χ4v) is 2.99. The number of carbonyl (C=O) groups excluding carboxylic acids is 1. The van der Waals surface area contributed by atoms with Crippen LogP contribution in [0.3, 0.4) is 0 Å². The number of hydrogen-bond donors (Lipinski definition) is 1. The van der Waals surface area contributed by atoms with Gasteiger partial charge < -0.3 is 19.7 Å². The lowest BCUT2D eigenvalue weighted by molar-refractivity contribution is 0.230. The fraction of sp³-hybridized carbons (Fsp3) is 0.350. The van der Waals surface area contributed by atoms with Crippen LogP contribution in [0.4, 0.5) is 10.5 Å². The van der Waals surface area contributed by atoms with E-state index >= 15 is 0 Å². The van der Waals surface area contributed by atoms with Gasteiger partial charge in [-0.05, 0) is 47.8 Å². The van der Waals surface area contributed by atoms with Gasteiger partial charge in [-0.25, -0.2) is 4.79 Å². The minimum Gasteiger partial charge on any atom is -0.489 e. The van der Waals surface area contributed by atoms with Crippen LogP contribution in [0.1, 0.15) is 20.3 Å². The number of nitrogens with one attached hydrogen (secondary N) is 1. The van der Waals surface area contributed by atoms with E-state index in [9.17, 15) is 4.79 Å². The van der Waals surface area contributed by atoms with Crippen LogP contribution in [0.15, 0.2) is 59.6 Å². The van der Waals surface area contributed by atoms with Crippen LogP contribution in [0.2, 0.25) is 0 Å². The predicted molar refractivity (Wildman–Crippen MR) is 98.4 cm³/mol. The standard InChI is InChI=1S/C20H24N2O3/c1-20(2)12-14-6-5-11-24-18(14)17(20)13-25-16-9-7-15(8-10-16)21-19(23)22(3)4/h5-11H,12-13H2,1-4H3,(H,21,23). The van der Waals surface area contributed by atoms with Gasteiger partial charge in [0.25, 0.3) is 0 Å². The summed E-state index contributed by atoms with van der Waals surface area (Å²) in [7, 11) is 3.41. The molecular weight excluding hydrogens is 316 g/mol. The van der Waals surface area contributed by atoms with E-state index in [1.165, 1.54) is 16.0 Å². The van der Waals surface area contributed by atoms with E-state index in [2.05, 4.69) is 25.2 Å². The summed E-state index contributed by atoms with van der Waals surface area (Å²) in [5.41, 5.74) is 3.16. The van der Waals surface area contributed by atoms with E-state index in [4.69, 9.17) is 9.47 Å². The lowest BCUT2D eigenvalue weighted by Gasteiger charge is -2.22. The van der Waals surface area contributed by atoms with Crippen LogP contribution < -0.4 is 10.1 Å². The van der Waals surface area contributed by atoms with E-state index in [1.807, 2.05) is 30.3 Å². The molecule has 132 valence electrons. The van der Waals surface area contributed by atoms with Crippen molar-refractivity contribution in [3.8, 4) is 5.75 Å². The molecule has 2 amide bonds. The maximum atomic E-state index is 11.7. The summed E-state index contributed by atoms with van der Waals surface area (Å²) >= 11 is 0. The second-order valence-electron chi connectivity index (χ2n) is 7.14. The van der Waals surface area contributed by atoms with E-state index in [0.717, 1.165) is 23.6 Å². The van der Waals surface area contributed by atoms with Crippen LogP contribution >= 0.6 is 0 Å². The van der Waals surface area contributed by atoms with Gasteiger partial charge in [-0.2, -0.15) is 0 Å².